The van der Waals surface area contributed by atoms with Crippen LogP contribution in [0.4, 0.5) is 0 Å². The first-order valence-electron chi connectivity index (χ1n) is 8.13. The molecule has 1 atom stereocenters. The second kappa shape index (κ2) is 7.84. The van der Waals surface area contributed by atoms with Gasteiger partial charge >= 0.3 is 0 Å². The minimum atomic E-state index is -0.573. The molecule has 1 aromatic carbocycles. The third-order valence-corrected chi connectivity index (χ3v) is 4.30. The molecule has 0 aliphatic heterocycles. The van der Waals surface area contributed by atoms with E-state index in [1.807, 2.05) is 17.9 Å². The fraction of sp³-hybridized carbons (Fsp3) is 0.556. The fourth-order valence-corrected chi connectivity index (χ4v) is 3.12. The number of hydrogen-bond donors (Lipinski definition) is 0. The summed E-state index contributed by atoms with van der Waals surface area (Å²) >= 11 is 0. The van der Waals surface area contributed by atoms with Gasteiger partial charge in [-0.1, -0.05) is 31.4 Å². The van der Waals surface area contributed by atoms with E-state index in [0.717, 1.165) is 12.8 Å². The van der Waals surface area contributed by atoms with Crippen molar-refractivity contribution in [1.82, 2.24) is 4.90 Å². The van der Waals surface area contributed by atoms with Gasteiger partial charge in [0.15, 0.2) is 6.10 Å². The van der Waals surface area contributed by atoms with Gasteiger partial charge in [0.2, 0.25) is 0 Å². The number of hydrogen-bond acceptors (Lipinski definition) is 3. The van der Waals surface area contributed by atoms with Crippen molar-refractivity contribution in [2.24, 2.45) is 0 Å². The smallest absolute Gasteiger partial charge is 0.263 e. The fourth-order valence-electron chi connectivity index (χ4n) is 3.12. The minimum Gasteiger partial charge on any atom is -0.480 e. The minimum absolute atomic E-state index is 0.0159. The monoisotopic (exact) mass is 300 g/mol. The molecule has 1 aromatic rings. The summed E-state index contributed by atoms with van der Waals surface area (Å²) in [5.41, 5.74) is 0.461. The maximum absolute atomic E-state index is 12.7. The van der Waals surface area contributed by atoms with Gasteiger partial charge in [0, 0.05) is 12.6 Å². The molecule has 2 rings (SSSR count). The first kappa shape index (κ1) is 16.4. The van der Waals surface area contributed by atoms with Crippen LogP contribution in [-0.2, 0) is 4.79 Å². The number of para-hydroxylation sites is 1. The van der Waals surface area contributed by atoms with Crippen molar-refractivity contribution in [2.75, 3.05) is 6.54 Å². The molecule has 1 saturated carbocycles. The molecule has 1 fully saturated rings. The Morgan fingerprint density at radius 1 is 1.36 bits per heavy atom. The number of benzene rings is 1. The quantitative estimate of drug-likeness (QED) is 0.836. The summed E-state index contributed by atoms with van der Waals surface area (Å²) in [7, 11) is 0. The first-order chi connectivity index (χ1) is 10.7. The highest BCUT2D eigenvalue weighted by Crippen LogP contribution is 2.24. The van der Waals surface area contributed by atoms with Crippen LogP contribution in [0, 0.1) is 11.3 Å². The number of rotatable bonds is 5. The number of carbonyl (C=O) groups is 1. The Hall–Kier alpha value is -2.02. The molecule has 22 heavy (non-hydrogen) atoms. The van der Waals surface area contributed by atoms with Crippen molar-refractivity contribution in [3.8, 4) is 11.8 Å². The number of nitrogens with zero attached hydrogens (tertiary/aromatic N) is 2. The van der Waals surface area contributed by atoms with E-state index in [1.54, 1.807) is 25.1 Å². The Balaban J connectivity index is 2.05. The molecule has 1 aliphatic carbocycles. The Kier molecular flexibility index (Phi) is 5.83. The topological polar surface area (TPSA) is 53.3 Å². The highest BCUT2D eigenvalue weighted by molar-refractivity contribution is 5.81. The van der Waals surface area contributed by atoms with Crippen LogP contribution in [0.5, 0.6) is 5.75 Å². The summed E-state index contributed by atoms with van der Waals surface area (Å²) in [6, 6.07) is 9.47. The van der Waals surface area contributed by atoms with Crippen LogP contribution < -0.4 is 4.74 Å². The predicted octanol–water partition coefficient (Wildman–Crippen LogP) is 3.51. The maximum Gasteiger partial charge on any atom is 0.263 e. The largest absolute Gasteiger partial charge is 0.480 e. The van der Waals surface area contributed by atoms with Crippen LogP contribution in [-0.4, -0.2) is 29.5 Å². The van der Waals surface area contributed by atoms with E-state index in [0.29, 0.717) is 23.9 Å². The second-order valence-corrected chi connectivity index (χ2v) is 5.78. The lowest BCUT2D eigenvalue weighted by Gasteiger charge is -2.35. The molecule has 4 nitrogen and oxygen atoms in total. The number of likely N-dealkylation sites (N-methyl/N-ethyl adjacent to an activating group) is 1. The number of nitriles is 1. The summed E-state index contributed by atoms with van der Waals surface area (Å²) in [5.74, 6) is 0.493. The number of amides is 1. The predicted molar refractivity (Wildman–Crippen MR) is 85.5 cm³/mol. The van der Waals surface area contributed by atoms with Crippen molar-refractivity contribution >= 4 is 5.91 Å². The van der Waals surface area contributed by atoms with E-state index >= 15 is 0 Å². The number of carbonyl (C=O) groups excluding carboxylic acids is 1. The van der Waals surface area contributed by atoms with Crippen molar-refractivity contribution in [2.45, 2.75) is 58.1 Å². The Bertz CT molecular complexity index is 544. The zero-order valence-electron chi connectivity index (χ0n) is 13.4. The SMILES string of the molecule is CCN(C(=O)C(C)Oc1ccccc1C#N)C1CCCCC1. The normalized spacial score (nSPS) is 16.6. The summed E-state index contributed by atoms with van der Waals surface area (Å²) in [4.78, 5) is 14.6. The Morgan fingerprint density at radius 3 is 2.68 bits per heavy atom. The summed E-state index contributed by atoms with van der Waals surface area (Å²) in [5, 5.41) is 9.10. The molecule has 0 bridgehead atoms. The molecule has 1 unspecified atom stereocenters. The lowest BCUT2D eigenvalue weighted by Crippen LogP contribution is -2.47. The van der Waals surface area contributed by atoms with Gasteiger partial charge in [0.05, 0.1) is 5.56 Å². The molecule has 0 aromatic heterocycles. The van der Waals surface area contributed by atoms with E-state index in [2.05, 4.69) is 6.07 Å². The molecule has 0 radical (unpaired) electrons. The molecular formula is C18H24N2O2. The van der Waals surface area contributed by atoms with Crippen LogP contribution in [0.25, 0.3) is 0 Å². The van der Waals surface area contributed by atoms with Gasteiger partial charge in [-0.25, -0.2) is 0 Å². The van der Waals surface area contributed by atoms with E-state index in [4.69, 9.17) is 10.00 Å². The van der Waals surface area contributed by atoms with E-state index in [-0.39, 0.29) is 5.91 Å². The van der Waals surface area contributed by atoms with Crippen LogP contribution in [0.15, 0.2) is 24.3 Å². The molecule has 118 valence electrons. The van der Waals surface area contributed by atoms with Crippen molar-refractivity contribution < 1.29 is 9.53 Å². The zero-order valence-corrected chi connectivity index (χ0v) is 13.4. The summed E-state index contributed by atoms with van der Waals surface area (Å²) in [6.07, 6.45) is 5.25. The van der Waals surface area contributed by atoms with E-state index in [1.165, 1.54) is 19.3 Å². The standard InChI is InChI=1S/C18H24N2O2/c1-3-20(16-10-5-4-6-11-16)18(21)14(2)22-17-12-8-7-9-15(17)13-19/h7-9,12,14,16H,3-6,10-11H2,1-2H3. The Morgan fingerprint density at radius 2 is 2.05 bits per heavy atom. The molecule has 0 heterocycles. The molecule has 1 amide bonds. The van der Waals surface area contributed by atoms with Gasteiger partial charge in [-0.05, 0) is 38.8 Å². The van der Waals surface area contributed by atoms with Crippen LogP contribution in [0.3, 0.4) is 0 Å². The molecule has 0 saturated heterocycles. The average Bonchev–Trinajstić information content (AvgIpc) is 2.57. The summed E-state index contributed by atoms with van der Waals surface area (Å²) in [6.45, 7) is 4.49. The van der Waals surface area contributed by atoms with Gasteiger partial charge in [-0.3, -0.25) is 4.79 Å². The highest BCUT2D eigenvalue weighted by atomic mass is 16.5. The lowest BCUT2D eigenvalue weighted by molar-refractivity contribution is -0.140. The third kappa shape index (κ3) is 3.79. The van der Waals surface area contributed by atoms with Gasteiger partial charge in [0.25, 0.3) is 5.91 Å². The van der Waals surface area contributed by atoms with Gasteiger partial charge in [-0.2, -0.15) is 5.26 Å². The molecule has 4 heteroatoms. The second-order valence-electron chi connectivity index (χ2n) is 5.78. The van der Waals surface area contributed by atoms with Crippen LogP contribution >= 0.6 is 0 Å². The Labute approximate surface area is 132 Å². The van der Waals surface area contributed by atoms with Crippen molar-refractivity contribution in [1.29, 1.82) is 5.26 Å². The van der Waals surface area contributed by atoms with Gasteiger partial charge < -0.3 is 9.64 Å². The van der Waals surface area contributed by atoms with E-state index in [9.17, 15) is 4.79 Å². The van der Waals surface area contributed by atoms with Gasteiger partial charge in [-0.15, -0.1) is 0 Å². The van der Waals surface area contributed by atoms with Gasteiger partial charge in [0.1, 0.15) is 11.8 Å². The van der Waals surface area contributed by atoms with Crippen LogP contribution in [0.2, 0.25) is 0 Å². The van der Waals surface area contributed by atoms with Crippen molar-refractivity contribution in [3.63, 3.8) is 0 Å². The molecule has 0 spiro atoms. The highest BCUT2D eigenvalue weighted by Gasteiger charge is 2.28. The van der Waals surface area contributed by atoms with Crippen molar-refractivity contribution in [3.05, 3.63) is 29.8 Å². The zero-order chi connectivity index (χ0) is 15.9. The maximum atomic E-state index is 12.7. The lowest BCUT2D eigenvalue weighted by atomic mass is 9.94. The van der Waals surface area contributed by atoms with E-state index < -0.39 is 6.10 Å². The third-order valence-electron chi connectivity index (χ3n) is 4.30. The van der Waals surface area contributed by atoms with Crippen LogP contribution in [0.1, 0.15) is 51.5 Å². The molecule has 0 N–H and O–H groups in total. The first-order valence-corrected chi connectivity index (χ1v) is 8.13. The number of ether oxygens (including phenoxy) is 1. The molecular weight excluding hydrogens is 276 g/mol. The summed E-state index contributed by atoms with van der Waals surface area (Å²) < 4.78 is 5.76. The molecule has 1 aliphatic rings. The average molecular weight is 300 g/mol.